The second-order valence-electron chi connectivity index (χ2n) is 8.54. The number of urea groups is 1. The second kappa shape index (κ2) is 12.7. The van der Waals surface area contributed by atoms with Gasteiger partial charge in [0.05, 0.1) is 30.8 Å². The van der Waals surface area contributed by atoms with E-state index in [2.05, 4.69) is 21.2 Å². The van der Waals surface area contributed by atoms with Gasteiger partial charge in [0, 0.05) is 19.5 Å². The topological polar surface area (TPSA) is 155 Å². The summed E-state index contributed by atoms with van der Waals surface area (Å²) in [7, 11) is -3.81. The normalized spacial score (nSPS) is 19.3. The molecule has 3 N–H and O–H groups in total. The Kier molecular flexibility index (Phi) is 9.65. The van der Waals surface area contributed by atoms with E-state index in [1.54, 1.807) is 37.3 Å². The number of ketones is 1. The van der Waals surface area contributed by atoms with Crippen molar-refractivity contribution < 1.29 is 32.3 Å². The monoisotopic (exact) mass is 523 g/mol. The number of Topliss-reactive ketones (excluding diaryl/α,β-unsaturated/α-hetero) is 1. The van der Waals surface area contributed by atoms with Crippen molar-refractivity contribution >= 4 is 33.5 Å². The molecule has 1 aromatic rings. The Morgan fingerprint density at radius 1 is 1.11 bits per heavy atom. The van der Waals surface area contributed by atoms with Crippen molar-refractivity contribution in [3.63, 3.8) is 0 Å². The molecule has 1 aromatic carbocycles. The first-order chi connectivity index (χ1) is 17.2. The average molecular weight is 524 g/mol. The summed E-state index contributed by atoms with van der Waals surface area (Å²) in [4.78, 5) is 40.3. The van der Waals surface area contributed by atoms with Gasteiger partial charge in [0.1, 0.15) is 6.04 Å². The number of hydrazone groups is 1. The number of hydrogen-bond acceptors (Lipinski definition) is 9. The summed E-state index contributed by atoms with van der Waals surface area (Å²) in [5.74, 6) is -2.41. The van der Waals surface area contributed by atoms with Crippen molar-refractivity contribution in [2.24, 2.45) is 5.10 Å². The van der Waals surface area contributed by atoms with Crippen LogP contribution in [0.2, 0.25) is 0 Å². The predicted molar refractivity (Wildman–Crippen MR) is 132 cm³/mol. The Hall–Kier alpha value is -3.19. The van der Waals surface area contributed by atoms with E-state index in [1.807, 2.05) is 6.92 Å². The molecule has 0 aromatic heterocycles. The number of morpholine rings is 1. The third kappa shape index (κ3) is 7.65. The standard InChI is InChI=1S/C23H33N5O7S/c1-3-17(20(29)22-27-26-19(4-2)35-22)24-21(30)18(25-23(31)28-10-12-34-13-11-28)15-36(32,33)14-16-8-6-5-7-9-16/h5-9,17-19,26H,3-4,10-15H2,1-2H3,(H,24,30)(H,25,31)/t17-,18-,19?/m0/s1. The van der Waals surface area contributed by atoms with E-state index in [0.29, 0.717) is 38.3 Å². The minimum absolute atomic E-state index is 0.153. The molecule has 3 amide bonds. The molecule has 0 saturated carbocycles. The maximum Gasteiger partial charge on any atom is 0.318 e. The lowest BCUT2D eigenvalue weighted by Crippen LogP contribution is -2.58. The molecule has 2 aliphatic heterocycles. The Labute approximate surface area is 210 Å². The van der Waals surface area contributed by atoms with Crippen molar-refractivity contribution in [3.05, 3.63) is 35.9 Å². The van der Waals surface area contributed by atoms with Crippen LogP contribution in [0.25, 0.3) is 0 Å². The third-order valence-corrected chi connectivity index (χ3v) is 7.36. The molecule has 0 bridgehead atoms. The van der Waals surface area contributed by atoms with Crippen molar-refractivity contribution in [2.75, 3.05) is 32.1 Å². The molecule has 1 unspecified atom stereocenters. The quantitative estimate of drug-likeness (QED) is 0.370. The van der Waals surface area contributed by atoms with Crippen LogP contribution in [0.1, 0.15) is 32.3 Å². The van der Waals surface area contributed by atoms with E-state index in [0.717, 1.165) is 0 Å². The minimum atomic E-state index is -3.81. The van der Waals surface area contributed by atoms with Gasteiger partial charge in [-0.15, -0.1) is 5.10 Å². The number of hydrogen-bond donors (Lipinski definition) is 3. The lowest BCUT2D eigenvalue weighted by molar-refractivity contribution is -0.126. The molecule has 2 aliphatic rings. The van der Waals surface area contributed by atoms with Crippen molar-refractivity contribution in [1.29, 1.82) is 0 Å². The molecular weight excluding hydrogens is 490 g/mol. The molecule has 198 valence electrons. The molecular formula is C23H33N5O7S. The van der Waals surface area contributed by atoms with Gasteiger partial charge < -0.3 is 25.0 Å². The van der Waals surface area contributed by atoms with Gasteiger partial charge in [0.2, 0.25) is 11.7 Å². The Bertz CT molecular complexity index is 1060. The molecule has 36 heavy (non-hydrogen) atoms. The smallest absolute Gasteiger partial charge is 0.318 e. The maximum absolute atomic E-state index is 13.2. The number of carbonyl (C=O) groups excluding carboxylic acids is 3. The number of rotatable bonds is 11. The third-order valence-electron chi connectivity index (χ3n) is 5.75. The van der Waals surface area contributed by atoms with Crippen LogP contribution in [-0.2, 0) is 34.7 Å². The fraction of sp³-hybridized carbons (Fsp3) is 0.565. The summed E-state index contributed by atoms with van der Waals surface area (Å²) >= 11 is 0. The van der Waals surface area contributed by atoms with Gasteiger partial charge in [-0.25, -0.2) is 13.2 Å². The van der Waals surface area contributed by atoms with Crippen LogP contribution < -0.4 is 16.1 Å². The first-order valence-corrected chi connectivity index (χ1v) is 13.8. The van der Waals surface area contributed by atoms with Crippen LogP contribution in [0, 0.1) is 0 Å². The van der Waals surface area contributed by atoms with Crippen LogP contribution in [0.4, 0.5) is 4.79 Å². The summed E-state index contributed by atoms with van der Waals surface area (Å²) in [6.45, 7) is 4.87. The number of carbonyl (C=O) groups is 3. The maximum atomic E-state index is 13.2. The van der Waals surface area contributed by atoms with Gasteiger partial charge >= 0.3 is 6.03 Å². The van der Waals surface area contributed by atoms with Crippen LogP contribution in [0.3, 0.4) is 0 Å². The van der Waals surface area contributed by atoms with E-state index < -0.39 is 51.6 Å². The van der Waals surface area contributed by atoms with E-state index >= 15 is 0 Å². The fourth-order valence-corrected chi connectivity index (χ4v) is 5.27. The Balaban J connectivity index is 1.73. The highest BCUT2D eigenvalue weighted by Gasteiger charge is 2.34. The van der Waals surface area contributed by atoms with Crippen LogP contribution in [0.15, 0.2) is 35.4 Å². The summed E-state index contributed by atoms with van der Waals surface area (Å²) in [5.41, 5.74) is 3.25. The van der Waals surface area contributed by atoms with Gasteiger partial charge in [-0.1, -0.05) is 44.2 Å². The molecule has 2 heterocycles. The van der Waals surface area contributed by atoms with E-state index in [-0.39, 0.29) is 18.1 Å². The predicted octanol–water partition coefficient (Wildman–Crippen LogP) is 0.145. The van der Waals surface area contributed by atoms with Crippen molar-refractivity contribution in [1.82, 2.24) is 21.0 Å². The zero-order chi connectivity index (χ0) is 26.1. The molecule has 1 fully saturated rings. The largest absolute Gasteiger partial charge is 0.449 e. The molecule has 12 nitrogen and oxygen atoms in total. The number of benzene rings is 1. The van der Waals surface area contributed by atoms with Gasteiger partial charge in [-0.3, -0.25) is 15.0 Å². The molecule has 1 saturated heterocycles. The molecule has 3 rings (SSSR count). The first kappa shape index (κ1) is 27.4. The zero-order valence-electron chi connectivity index (χ0n) is 20.4. The number of nitrogens with one attached hydrogen (secondary N) is 3. The molecule has 0 spiro atoms. The number of amides is 3. The lowest BCUT2D eigenvalue weighted by Gasteiger charge is -2.29. The van der Waals surface area contributed by atoms with E-state index in [1.165, 1.54) is 4.90 Å². The highest BCUT2D eigenvalue weighted by Crippen LogP contribution is 2.10. The van der Waals surface area contributed by atoms with Gasteiger partial charge in [0.15, 0.2) is 16.1 Å². The van der Waals surface area contributed by atoms with Crippen LogP contribution in [-0.4, -0.2) is 87.3 Å². The highest BCUT2D eigenvalue weighted by atomic mass is 32.2. The SMILES string of the molecule is CCC1NN=C(C(=O)[C@H](CC)NC(=O)[C@H](CS(=O)(=O)Cc2ccccc2)NC(=O)N2CCOCC2)O1. The second-order valence-corrected chi connectivity index (χ2v) is 10.6. The number of ether oxygens (including phenoxy) is 2. The summed E-state index contributed by atoms with van der Waals surface area (Å²) < 4.78 is 36.6. The van der Waals surface area contributed by atoms with Gasteiger partial charge in [-0.2, -0.15) is 0 Å². The van der Waals surface area contributed by atoms with Crippen molar-refractivity contribution in [2.45, 2.75) is 50.8 Å². The lowest BCUT2D eigenvalue weighted by atomic mass is 10.1. The first-order valence-electron chi connectivity index (χ1n) is 11.9. The Morgan fingerprint density at radius 3 is 2.42 bits per heavy atom. The number of nitrogens with zero attached hydrogens (tertiary/aromatic N) is 2. The highest BCUT2D eigenvalue weighted by molar-refractivity contribution is 7.90. The van der Waals surface area contributed by atoms with Gasteiger partial charge in [-0.05, 0) is 12.0 Å². The van der Waals surface area contributed by atoms with Crippen molar-refractivity contribution in [3.8, 4) is 0 Å². The number of sulfone groups is 1. The molecule has 13 heteroatoms. The van der Waals surface area contributed by atoms with E-state index in [9.17, 15) is 22.8 Å². The molecule has 3 atom stereocenters. The Morgan fingerprint density at radius 2 is 1.81 bits per heavy atom. The molecule has 0 aliphatic carbocycles. The van der Waals surface area contributed by atoms with Crippen LogP contribution in [0.5, 0.6) is 0 Å². The average Bonchev–Trinajstić information content (AvgIpc) is 3.36. The molecule has 0 radical (unpaired) electrons. The fourth-order valence-electron chi connectivity index (χ4n) is 3.71. The van der Waals surface area contributed by atoms with Gasteiger partial charge in [0.25, 0.3) is 5.90 Å². The summed E-state index contributed by atoms with van der Waals surface area (Å²) in [6.07, 6.45) is 0.365. The zero-order valence-corrected chi connectivity index (χ0v) is 21.3. The summed E-state index contributed by atoms with van der Waals surface area (Å²) in [5, 5.41) is 8.99. The van der Waals surface area contributed by atoms with Crippen LogP contribution >= 0.6 is 0 Å². The summed E-state index contributed by atoms with van der Waals surface area (Å²) in [6, 6.07) is 5.56. The minimum Gasteiger partial charge on any atom is -0.449 e. The van der Waals surface area contributed by atoms with E-state index in [4.69, 9.17) is 9.47 Å².